The number of carbonyl (C=O) groups is 1. The zero-order valence-electron chi connectivity index (χ0n) is 11.4. The number of ether oxygens (including phenoxy) is 1. The van der Waals surface area contributed by atoms with Gasteiger partial charge in [-0.2, -0.15) is 4.98 Å². The molecule has 1 aromatic carbocycles. The molecule has 6 nitrogen and oxygen atoms in total. The van der Waals surface area contributed by atoms with Crippen molar-refractivity contribution in [2.24, 2.45) is 0 Å². The van der Waals surface area contributed by atoms with E-state index in [9.17, 15) is 4.79 Å². The number of nitrogens with one attached hydrogen (secondary N) is 1. The van der Waals surface area contributed by atoms with Gasteiger partial charge in [-0.05, 0) is 38.1 Å². The lowest BCUT2D eigenvalue weighted by Crippen LogP contribution is -2.05. The molecular formula is C14H16N4O2. The van der Waals surface area contributed by atoms with Crippen LogP contribution in [0.2, 0.25) is 0 Å². The maximum atomic E-state index is 11.5. The molecule has 2 rings (SSSR count). The fourth-order valence-corrected chi connectivity index (χ4v) is 1.71. The molecule has 3 N–H and O–H groups in total. The van der Waals surface area contributed by atoms with Crippen molar-refractivity contribution in [1.29, 1.82) is 0 Å². The van der Waals surface area contributed by atoms with Crippen molar-refractivity contribution in [3.63, 3.8) is 0 Å². The van der Waals surface area contributed by atoms with Gasteiger partial charge in [-0.1, -0.05) is 0 Å². The van der Waals surface area contributed by atoms with Crippen LogP contribution in [0.25, 0.3) is 0 Å². The van der Waals surface area contributed by atoms with Crippen molar-refractivity contribution < 1.29 is 9.53 Å². The molecule has 0 amide bonds. The molecule has 0 bridgehead atoms. The van der Waals surface area contributed by atoms with Crippen molar-refractivity contribution >= 4 is 23.4 Å². The third-order valence-corrected chi connectivity index (χ3v) is 2.54. The van der Waals surface area contributed by atoms with Gasteiger partial charge in [-0.25, -0.2) is 9.78 Å². The number of anilines is 3. The molecule has 1 aromatic heterocycles. The number of nitrogens with zero attached hydrogens (tertiary/aromatic N) is 2. The zero-order valence-corrected chi connectivity index (χ0v) is 11.4. The van der Waals surface area contributed by atoms with Gasteiger partial charge in [-0.15, -0.1) is 0 Å². The Morgan fingerprint density at radius 3 is 2.60 bits per heavy atom. The number of hydrogen-bond donors (Lipinski definition) is 2. The first-order chi connectivity index (χ1) is 9.58. The van der Waals surface area contributed by atoms with Crippen LogP contribution in [0.1, 0.15) is 23.0 Å². The van der Waals surface area contributed by atoms with Crippen molar-refractivity contribution in [3.8, 4) is 0 Å². The van der Waals surface area contributed by atoms with Crippen LogP contribution in [0.15, 0.2) is 30.3 Å². The summed E-state index contributed by atoms with van der Waals surface area (Å²) < 4.78 is 4.92. The Balaban J connectivity index is 2.12. The molecule has 2 aromatic rings. The van der Waals surface area contributed by atoms with Crippen LogP contribution in [0, 0.1) is 6.92 Å². The summed E-state index contributed by atoms with van der Waals surface area (Å²) in [5.74, 6) is 0.496. The highest BCUT2D eigenvalue weighted by atomic mass is 16.5. The second kappa shape index (κ2) is 6.01. The number of aromatic nitrogens is 2. The Bertz CT molecular complexity index is 591. The smallest absolute Gasteiger partial charge is 0.338 e. The molecule has 104 valence electrons. The predicted molar refractivity (Wildman–Crippen MR) is 76.9 cm³/mol. The monoisotopic (exact) mass is 272 g/mol. The van der Waals surface area contributed by atoms with Gasteiger partial charge in [0.05, 0.1) is 12.2 Å². The molecule has 0 spiro atoms. The molecule has 6 heteroatoms. The summed E-state index contributed by atoms with van der Waals surface area (Å²) in [6.45, 7) is 3.97. The first-order valence-electron chi connectivity index (χ1n) is 6.24. The van der Waals surface area contributed by atoms with E-state index in [0.29, 0.717) is 18.0 Å². The minimum atomic E-state index is -0.332. The van der Waals surface area contributed by atoms with Crippen LogP contribution >= 0.6 is 0 Å². The lowest BCUT2D eigenvalue weighted by molar-refractivity contribution is 0.0526. The molecule has 0 aliphatic heterocycles. The first-order valence-corrected chi connectivity index (χ1v) is 6.24. The molecule has 20 heavy (non-hydrogen) atoms. The number of aryl methyl sites for hydroxylation is 1. The van der Waals surface area contributed by atoms with Gasteiger partial charge in [0.1, 0.15) is 5.82 Å². The van der Waals surface area contributed by atoms with E-state index in [2.05, 4.69) is 15.3 Å². The van der Waals surface area contributed by atoms with Gasteiger partial charge in [-0.3, -0.25) is 0 Å². The van der Waals surface area contributed by atoms with E-state index in [-0.39, 0.29) is 11.9 Å². The first kappa shape index (κ1) is 13.8. The Hall–Kier alpha value is -2.63. The minimum absolute atomic E-state index is 0.218. The van der Waals surface area contributed by atoms with Crippen LogP contribution < -0.4 is 11.1 Å². The SMILES string of the molecule is CCOC(=O)c1ccc(Nc2cc(C)nc(N)n2)cc1. The summed E-state index contributed by atoms with van der Waals surface area (Å²) in [5, 5.41) is 3.10. The maximum absolute atomic E-state index is 11.5. The Kier molecular flexibility index (Phi) is 4.14. The van der Waals surface area contributed by atoms with Gasteiger partial charge in [0.15, 0.2) is 0 Å². The summed E-state index contributed by atoms with van der Waals surface area (Å²) in [7, 11) is 0. The second-order valence-corrected chi connectivity index (χ2v) is 4.18. The van der Waals surface area contributed by atoms with Crippen molar-refractivity contribution in [2.45, 2.75) is 13.8 Å². The maximum Gasteiger partial charge on any atom is 0.338 e. The van der Waals surface area contributed by atoms with Crippen LogP contribution in [-0.4, -0.2) is 22.5 Å². The molecule has 0 saturated heterocycles. The highest BCUT2D eigenvalue weighted by Crippen LogP contribution is 2.17. The van der Waals surface area contributed by atoms with E-state index >= 15 is 0 Å². The minimum Gasteiger partial charge on any atom is -0.462 e. The Labute approximate surface area is 117 Å². The molecule has 0 fully saturated rings. The number of rotatable bonds is 4. The van der Waals surface area contributed by atoms with Gasteiger partial charge in [0.25, 0.3) is 0 Å². The van der Waals surface area contributed by atoms with Crippen molar-refractivity contribution in [2.75, 3.05) is 17.7 Å². The van der Waals surface area contributed by atoms with E-state index < -0.39 is 0 Å². The molecule has 0 radical (unpaired) electrons. The predicted octanol–water partition coefficient (Wildman–Crippen LogP) is 2.29. The quantitative estimate of drug-likeness (QED) is 0.830. The fourth-order valence-electron chi connectivity index (χ4n) is 1.71. The van der Waals surface area contributed by atoms with E-state index in [1.54, 1.807) is 37.3 Å². The average molecular weight is 272 g/mol. The topological polar surface area (TPSA) is 90.1 Å². The van der Waals surface area contributed by atoms with Crippen molar-refractivity contribution in [3.05, 3.63) is 41.6 Å². The van der Waals surface area contributed by atoms with Crippen LogP contribution in [0.4, 0.5) is 17.5 Å². The highest BCUT2D eigenvalue weighted by Gasteiger charge is 2.06. The van der Waals surface area contributed by atoms with E-state index in [0.717, 1.165) is 11.4 Å². The average Bonchev–Trinajstić information content (AvgIpc) is 2.38. The second-order valence-electron chi connectivity index (χ2n) is 4.18. The molecule has 0 atom stereocenters. The summed E-state index contributed by atoms with van der Waals surface area (Å²) in [5.41, 5.74) is 7.68. The Morgan fingerprint density at radius 1 is 1.30 bits per heavy atom. The number of esters is 1. The molecule has 0 saturated carbocycles. The molecule has 0 aliphatic carbocycles. The van der Waals surface area contributed by atoms with E-state index in [1.807, 2.05) is 6.92 Å². The van der Waals surface area contributed by atoms with Gasteiger partial charge < -0.3 is 15.8 Å². The van der Waals surface area contributed by atoms with E-state index in [1.165, 1.54) is 0 Å². The van der Waals surface area contributed by atoms with Gasteiger partial charge in [0, 0.05) is 17.4 Å². The molecule has 0 unspecified atom stereocenters. The lowest BCUT2D eigenvalue weighted by atomic mass is 10.2. The number of nitrogen functional groups attached to an aromatic ring is 1. The largest absolute Gasteiger partial charge is 0.462 e. The van der Waals surface area contributed by atoms with Crippen molar-refractivity contribution in [1.82, 2.24) is 9.97 Å². The number of benzene rings is 1. The summed E-state index contributed by atoms with van der Waals surface area (Å²) in [4.78, 5) is 19.6. The molecule has 1 heterocycles. The molecular weight excluding hydrogens is 256 g/mol. The third kappa shape index (κ3) is 3.44. The van der Waals surface area contributed by atoms with Crippen LogP contribution in [-0.2, 0) is 4.74 Å². The fraction of sp³-hybridized carbons (Fsp3) is 0.214. The molecule has 0 aliphatic rings. The number of nitrogens with two attached hydrogens (primary N) is 1. The number of hydrogen-bond acceptors (Lipinski definition) is 6. The highest BCUT2D eigenvalue weighted by molar-refractivity contribution is 5.89. The normalized spacial score (nSPS) is 10.1. The number of carbonyl (C=O) groups excluding carboxylic acids is 1. The van der Waals surface area contributed by atoms with E-state index in [4.69, 9.17) is 10.5 Å². The lowest BCUT2D eigenvalue weighted by Gasteiger charge is -2.07. The third-order valence-electron chi connectivity index (χ3n) is 2.54. The van der Waals surface area contributed by atoms with Crippen LogP contribution in [0.3, 0.4) is 0 Å². The Morgan fingerprint density at radius 2 is 2.00 bits per heavy atom. The van der Waals surface area contributed by atoms with Crippen LogP contribution in [0.5, 0.6) is 0 Å². The van der Waals surface area contributed by atoms with Gasteiger partial charge in [0.2, 0.25) is 5.95 Å². The summed E-state index contributed by atoms with van der Waals surface area (Å²) in [6, 6.07) is 8.73. The summed E-state index contributed by atoms with van der Waals surface area (Å²) >= 11 is 0. The zero-order chi connectivity index (χ0) is 14.5. The summed E-state index contributed by atoms with van der Waals surface area (Å²) in [6.07, 6.45) is 0. The van der Waals surface area contributed by atoms with Gasteiger partial charge >= 0.3 is 5.97 Å². The standard InChI is InChI=1S/C14H16N4O2/c1-3-20-13(19)10-4-6-11(7-5-10)17-12-8-9(2)16-14(15)18-12/h4-8H,3H2,1-2H3,(H3,15,16,17,18).